The van der Waals surface area contributed by atoms with Crippen molar-refractivity contribution in [2.24, 2.45) is 5.92 Å². The zero-order chi connectivity index (χ0) is 16.8. The van der Waals surface area contributed by atoms with Gasteiger partial charge in [0.2, 0.25) is 5.91 Å². The molecule has 1 atom stereocenters. The van der Waals surface area contributed by atoms with Crippen molar-refractivity contribution in [3.05, 3.63) is 48.3 Å². The Kier molecular flexibility index (Phi) is 5.57. The van der Waals surface area contributed by atoms with Crippen LogP contribution in [0, 0.1) is 5.92 Å². The fourth-order valence-corrected chi connectivity index (χ4v) is 2.50. The third-order valence-electron chi connectivity index (χ3n) is 3.61. The van der Waals surface area contributed by atoms with Gasteiger partial charge in [-0.05, 0) is 17.5 Å². The lowest BCUT2D eigenvalue weighted by Gasteiger charge is -2.20. The maximum atomic E-state index is 12.7. The fourth-order valence-electron chi connectivity index (χ4n) is 2.50. The summed E-state index contributed by atoms with van der Waals surface area (Å²) >= 11 is 0. The lowest BCUT2D eigenvalue weighted by atomic mass is 9.88. The fraction of sp³-hybridized carbons (Fsp3) is 0.333. The molecule has 0 fully saturated rings. The molecule has 5 nitrogen and oxygen atoms in total. The first-order valence-corrected chi connectivity index (χ1v) is 7.49. The molecule has 2 rings (SSSR count). The molecule has 0 saturated heterocycles. The van der Waals surface area contributed by atoms with Gasteiger partial charge in [0.1, 0.15) is 11.5 Å². The van der Waals surface area contributed by atoms with Crippen molar-refractivity contribution >= 4 is 11.6 Å². The van der Waals surface area contributed by atoms with Gasteiger partial charge in [0.05, 0.1) is 20.1 Å². The highest BCUT2D eigenvalue weighted by atomic mass is 16.5. The van der Waals surface area contributed by atoms with Crippen molar-refractivity contribution in [3.8, 4) is 11.5 Å². The number of hydrogen-bond donors (Lipinski definition) is 1. The Balaban J connectivity index is 2.25. The number of hydrogen-bond acceptors (Lipinski definition) is 4. The Labute approximate surface area is 136 Å². The molecular formula is C18H22N2O3. The number of carbonyl (C=O) groups excluding carboxylic acids is 1. The predicted molar refractivity (Wildman–Crippen MR) is 90.0 cm³/mol. The summed E-state index contributed by atoms with van der Waals surface area (Å²) in [4.78, 5) is 16.8. The van der Waals surface area contributed by atoms with Crippen LogP contribution >= 0.6 is 0 Å². The maximum Gasteiger partial charge on any atom is 0.232 e. The summed E-state index contributed by atoms with van der Waals surface area (Å²) in [6.45, 7) is 4.03. The molecule has 0 aliphatic heterocycles. The van der Waals surface area contributed by atoms with E-state index in [1.807, 2.05) is 26.0 Å². The lowest BCUT2D eigenvalue weighted by Crippen LogP contribution is -2.25. The molecule has 122 valence electrons. The average molecular weight is 314 g/mol. The van der Waals surface area contributed by atoms with E-state index in [0.29, 0.717) is 17.2 Å². The van der Waals surface area contributed by atoms with E-state index in [0.717, 1.165) is 5.56 Å². The van der Waals surface area contributed by atoms with E-state index in [9.17, 15) is 4.79 Å². The second-order valence-electron chi connectivity index (χ2n) is 5.60. The second kappa shape index (κ2) is 7.63. The smallest absolute Gasteiger partial charge is 0.232 e. The first kappa shape index (κ1) is 16.8. The summed E-state index contributed by atoms with van der Waals surface area (Å²) in [5.74, 6) is 1.04. The highest BCUT2D eigenvalue weighted by Gasteiger charge is 2.24. The Morgan fingerprint density at radius 3 is 2.26 bits per heavy atom. The normalized spacial score (nSPS) is 11.9. The molecule has 1 heterocycles. The molecule has 0 saturated carbocycles. The van der Waals surface area contributed by atoms with Gasteiger partial charge in [-0.3, -0.25) is 9.78 Å². The number of benzene rings is 1. The van der Waals surface area contributed by atoms with Gasteiger partial charge in [-0.15, -0.1) is 0 Å². The summed E-state index contributed by atoms with van der Waals surface area (Å²) in [6, 6.07) is 9.05. The summed E-state index contributed by atoms with van der Waals surface area (Å²) in [6.07, 6.45) is 3.43. The third-order valence-corrected chi connectivity index (χ3v) is 3.61. The van der Waals surface area contributed by atoms with Gasteiger partial charge in [0, 0.05) is 36.3 Å². The number of pyridine rings is 1. The average Bonchev–Trinajstić information content (AvgIpc) is 2.55. The van der Waals surface area contributed by atoms with Crippen LogP contribution in [-0.4, -0.2) is 25.1 Å². The zero-order valence-corrected chi connectivity index (χ0v) is 13.9. The Morgan fingerprint density at radius 1 is 1.13 bits per heavy atom. The van der Waals surface area contributed by atoms with Crippen LogP contribution in [0.25, 0.3) is 0 Å². The molecule has 2 aromatic rings. The molecule has 0 aliphatic carbocycles. The van der Waals surface area contributed by atoms with E-state index in [1.54, 1.807) is 44.8 Å². The van der Waals surface area contributed by atoms with E-state index in [-0.39, 0.29) is 17.7 Å². The SMILES string of the molecule is COc1cc(NC(=O)[C@@H](c2cccnc2)C(C)C)cc(OC)c1. The van der Waals surface area contributed by atoms with Gasteiger partial charge < -0.3 is 14.8 Å². The summed E-state index contributed by atoms with van der Waals surface area (Å²) in [5.41, 5.74) is 1.54. The van der Waals surface area contributed by atoms with Crippen molar-refractivity contribution in [1.29, 1.82) is 0 Å². The van der Waals surface area contributed by atoms with Crippen LogP contribution in [0.5, 0.6) is 11.5 Å². The molecule has 23 heavy (non-hydrogen) atoms. The third kappa shape index (κ3) is 4.22. The molecule has 0 aliphatic rings. The number of aromatic nitrogens is 1. The van der Waals surface area contributed by atoms with Crippen molar-refractivity contribution in [3.63, 3.8) is 0 Å². The highest BCUT2D eigenvalue weighted by Crippen LogP contribution is 2.29. The minimum Gasteiger partial charge on any atom is -0.497 e. The Hall–Kier alpha value is -2.56. The summed E-state index contributed by atoms with van der Waals surface area (Å²) in [7, 11) is 3.15. The van der Waals surface area contributed by atoms with Gasteiger partial charge in [0.15, 0.2) is 0 Å². The van der Waals surface area contributed by atoms with E-state index in [4.69, 9.17) is 9.47 Å². The van der Waals surface area contributed by atoms with E-state index in [2.05, 4.69) is 10.3 Å². The minimum absolute atomic E-state index is 0.0803. The molecule has 0 spiro atoms. The minimum atomic E-state index is -0.277. The molecular weight excluding hydrogens is 292 g/mol. The van der Waals surface area contributed by atoms with Crippen LogP contribution in [-0.2, 0) is 4.79 Å². The molecule has 0 bridgehead atoms. The summed E-state index contributed by atoms with van der Waals surface area (Å²) < 4.78 is 10.5. The number of rotatable bonds is 6. The van der Waals surface area contributed by atoms with Crippen LogP contribution in [0.1, 0.15) is 25.3 Å². The number of methoxy groups -OCH3 is 2. The van der Waals surface area contributed by atoms with Crippen LogP contribution < -0.4 is 14.8 Å². The van der Waals surface area contributed by atoms with Crippen LogP contribution in [0.4, 0.5) is 5.69 Å². The Morgan fingerprint density at radius 2 is 1.78 bits per heavy atom. The second-order valence-corrected chi connectivity index (χ2v) is 5.60. The lowest BCUT2D eigenvalue weighted by molar-refractivity contribution is -0.118. The molecule has 1 aromatic heterocycles. The van der Waals surface area contributed by atoms with Crippen LogP contribution in [0.15, 0.2) is 42.7 Å². The van der Waals surface area contributed by atoms with Crippen LogP contribution in [0.2, 0.25) is 0 Å². The maximum absolute atomic E-state index is 12.7. The van der Waals surface area contributed by atoms with E-state index < -0.39 is 0 Å². The largest absolute Gasteiger partial charge is 0.497 e. The number of anilines is 1. The number of nitrogens with zero attached hydrogens (tertiary/aromatic N) is 1. The number of carbonyl (C=O) groups is 1. The topological polar surface area (TPSA) is 60.5 Å². The van der Waals surface area contributed by atoms with Gasteiger partial charge in [-0.25, -0.2) is 0 Å². The highest BCUT2D eigenvalue weighted by molar-refractivity contribution is 5.96. The van der Waals surface area contributed by atoms with Crippen LogP contribution in [0.3, 0.4) is 0 Å². The zero-order valence-electron chi connectivity index (χ0n) is 13.9. The van der Waals surface area contributed by atoms with Crippen molar-refractivity contribution in [2.45, 2.75) is 19.8 Å². The number of nitrogens with one attached hydrogen (secondary N) is 1. The number of amides is 1. The number of ether oxygens (including phenoxy) is 2. The van der Waals surface area contributed by atoms with E-state index >= 15 is 0 Å². The summed E-state index contributed by atoms with van der Waals surface area (Å²) in [5, 5.41) is 2.94. The van der Waals surface area contributed by atoms with Crippen molar-refractivity contribution < 1.29 is 14.3 Å². The van der Waals surface area contributed by atoms with Gasteiger partial charge in [-0.1, -0.05) is 19.9 Å². The van der Waals surface area contributed by atoms with Gasteiger partial charge >= 0.3 is 0 Å². The predicted octanol–water partition coefficient (Wildman–Crippen LogP) is 3.48. The van der Waals surface area contributed by atoms with Crippen molar-refractivity contribution in [1.82, 2.24) is 4.98 Å². The molecule has 0 unspecified atom stereocenters. The molecule has 1 N–H and O–H groups in total. The molecule has 5 heteroatoms. The van der Waals surface area contributed by atoms with E-state index in [1.165, 1.54) is 0 Å². The molecule has 1 amide bonds. The Bertz CT molecular complexity index is 634. The molecule has 1 aromatic carbocycles. The standard InChI is InChI=1S/C18H22N2O3/c1-12(2)17(13-6-5-7-19-11-13)18(21)20-14-8-15(22-3)10-16(9-14)23-4/h5-12,17H,1-4H3,(H,20,21)/t17-/m1/s1. The van der Waals surface area contributed by atoms with Gasteiger partial charge in [0.25, 0.3) is 0 Å². The molecule has 0 radical (unpaired) electrons. The van der Waals surface area contributed by atoms with Gasteiger partial charge in [-0.2, -0.15) is 0 Å². The monoisotopic (exact) mass is 314 g/mol. The quantitative estimate of drug-likeness (QED) is 0.887. The van der Waals surface area contributed by atoms with Crippen molar-refractivity contribution in [2.75, 3.05) is 19.5 Å². The first-order chi connectivity index (χ1) is 11.0. The first-order valence-electron chi connectivity index (χ1n) is 7.49.